The summed E-state index contributed by atoms with van der Waals surface area (Å²) in [5, 5.41) is 3.97. The van der Waals surface area contributed by atoms with Crippen LogP contribution in [0.2, 0.25) is 0 Å². The standard InChI is InChI=1S/C12H10Br2F3N3/c1-20-11(9(14)5-19-20)10(18)7-3-2-6(13)4-8(7)12(15,16)17/h2-5,10H,18H2,1H3. The number of nitrogens with two attached hydrogens (primary N) is 1. The molecule has 1 aromatic heterocycles. The van der Waals surface area contributed by atoms with Gasteiger partial charge in [0.1, 0.15) is 0 Å². The molecule has 2 N–H and O–H groups in total. The summed E-state index contributed by atoms with van der Waals surface area (Å²) in [7, 11) is 1.63. The van der Waals surface area contributed by atoms with Gasteiger partial charge >= 0.3 is 6.18 Å². The van der Waals surface area contributed by atoms with Crippen LogP contribution in [0.1, 0.15) is 22.9 Å². The van der Waals surface area contributed by atoms with Crippen molar-refractivity contribution in [1.82, 2.24) is 9.78 Å². The molecule has 1 unspecified atom stereocenters. The third-order valence-corrected chi connectivity index (χ3v) is 3.99. The summed E-state index contributed by atoms with van der Waals surface area (Å²) in [6, 6.07) is 3.01. The van der Waals surface area contributed by atoms with Gasteiger partial charge < -0.3 is 5.73 Å². The highest BCUT2D eigenvalue weighted by atomic mass is 79.9. The van der Waals surface area contributed by atoms with E-state index >= 15 is 0 Å². The summed E-state index contributed by atoms with van der Waals surface area (Å²) in [6.45, 7) is 0. The molecule has 1 heterocycles. The largest absolute Gasteiger partial charge is 0.416 e. The molecule has 8 heteroatoms. The number of benzene rings is 1. The molecule has 0 amide bonds. The SMILES string of the molecule is Cn1ncc(Br)c1C(N)c1ccc(Br)cc1C(F)(F)F. The van der Waals surface area contributed by atoms with E-state index in [0.717, 1.165) is 6.07 Å². The maximum atomic E-state index is 13.1. The monoisotopic (exact) mass is 411 g/mol. The normalized spacial score (nSPS) is 13.6. The number of hydrogen-bond acceptors (Lipinski definition) is 2. The highest BCUT2D eigenvalue weighted by Crippen LogP contribution is 2.38. The van der Waals surface area contributed by atoms with Crippen molar-refractivity contribution in [3.8, 4) is 0 Å². The van der Waals surface area contributed by atoms with Gasteiger partial charge in [-0.1, -0.05) is 22.0 Å². The molecule has 3 nitrogen and oxygen atoms in total. The van der Waals surface area contributed by atoms with Crippen molar-refractivity contribution in [3.05, 3.63) is 50.2 Å². The highest BCUT2D eigenvalue weighted by Gasteiger charge is 2.36. The molecular weight excluding hydrogens is 403 g/mol. The van der Waals surface area contributed by atoms with Crippen molar-refractivity contribution in [3.63, 3.8) is 0 Å². The van der Waals surface area contributed by atoms with Crippen LogP contribution < -0.4 is 5.73 Å². The number of aryl methyl sites for hydroxylation is 1. The Hall–Kier alpha value is -0.860. The number of nitrogens with zero attached hydrogens (tertiary/aromatic N) is 2. The quantitative estimate of drug-likeness (QED) is 0.809. The second-order valence-corrected chi connectivity index (χ2v) is 5.98. The molecule has 0 aliphatic heterocycles. The maximum Gasteiger partial charge on any atom is 0.416 e. The van der Waals surface area contributed by atoms with Crippen molar-refractivity contribution in [2.75, 3.05) is 0 Å². The summed E-state index contributed by atoms with van der Waals surface area (Å²) in [5.74, 6) is 0. The van der Waals surface area contributed by atoms with Crippen molar-refractivity contribution in [1.29, 1.82) is 0 Å². The van der Waals surface area contributed by atoms with Gasteiger partial charge in [-0.2, -0.15) is 18.3 Å². The molecule has 0 radical (unpaired) electrons. The fraction of sp³-hybridized carbons (Fsp3) is 0.250. The molecule has 20 heavy (non-hydrogen) atoms. The molecule has 0 aliphatic carbocycles. The molecule has 0 saturated heterocycles. The first-order chi connectivity index (χ1) is 9.21. The van der Waals surface area contributed by atoms with E-state index in [1.54, 1.807) is 7.05 Å². The molecule has 1 aromatic carbocycles. The molecule has 0 spiro atoms. The lowest BCUT2D eigenvalue weighted by atomic mass is 9.98. The van der Waals surface area contributed by atoms with Crippen LogP contribution in [0.4, 0.5) is 13.2 Å². The van der Waals surface area contributed by atoms with Crippen molar-refractivity contribution >= 4 is 31.9 Å². The molecule has 2 aromatic rings. The van der Waals surface area contributed by atoms with Gasteiger partial charge in [-0.3, -0.25) is 4.68 Å². The Balaban J connectivity index is 2.58. The van der Waals surface area contributed by atoms with Gasteiger partial charge in [0, 0.05) is 11.5 Å². The van der Waals surface area contributed by atoms with E-state index in [1.807, 2.05) is 0 Å². The molecule has 0 aliphatic rings. The summed E-state index contributed by atoms with van der Waals surface area (Å²) in [4.78, 5) is 0. The van der Waals surface area contributed by atoms with Gasteiger partial charge in [0.2, 0.25) is 0 Å². The van der Waals surface area contributed by atoms with Crippen LogP contribution in [-0.4, -0.2) is 9.78 Å². The molecule has 0 saturated carbocycles. The summed E-state index contributed by atoms with van der Waals surface area (Å²) >= 11 is 6.30. The lowest BCUT2D eigenvalue weighted by Crippen LogP contribution is -2.21. The van der Waals surface area contributed by atoms with E-state index in [4.69, 9.17) is 5.73 Å². The van der Waals surface area contributed by atoms with Gasteiger partial charge in [-0.25, -0.2) is 0 Å². The van der Waals surface area contributed by atoms with Crippen LogP contribution in [0.5, 0.6) is 0 Å². The number of halogens is 5. The van der Waals surface area contributed by atoms with E-state index < -0.39 is 17.8 Å². The maximum absolute atomic E-state index is 13.1. The molecular formula is C12H10Br2F3N3. The number of alkyl halides is 3. The topological polar surface area (TPSA) is 43.8 Å². The predicted octanol–water partition coefficient (Wildman–Crippen LogP) is 4.01. The Kier molecular flexibility index (Phi) is 4.27. The average Bonchev–Trinajstić information content (AvgIpc) is 2.67. The van der Waals surface area contributed by atoms with Gasteiger partial charge in [-0.05, 0) is 33.6 Å². The first-order valence-electron chi connectivity index (χ1n) is 5.51. The summed E-state index contributed by atoms with van der Waals surface area (Å²) < 4.78 is 41.7. The van der Waals surface area contributed by atoms with Gasteiger partial charge in [0.05, 0.1) is 28.0 Å². The van der Waals surface area contributed by atoms with Crippen LogP contribution in [0.15, 0.2) is 33.3 Å². The Morgan fingerprint density at radius 1 is 1.30 bits per heavy atom. The molecule has 2 rings (SSSR count). The molecule has 0 fully saturated rings. The Labute approximate surface area is 130 Å². The summed E-state index contributed by atoms with van der Waals surface area (Å²) in [5.41, 5.74) is 5.74. The number of hydrogen-bond donors (Lipinski definition) is 1. The average molecular weight is 413 g/mol. The summed E-state index contributed by atoms with van der Waals surface area (Å²) in [6.07, 6.45) is -2.97. The smallest absolute Gasteiger partial charge is 0.319 e. The van der Waals surface area contributed by atoms with Gasteiger partial charge in [-0.15, -0.1) is 0 Å². The van der Waals surface area contributed by atoms with Gasteiger partial charge in [0.25, 0.3) is 0 Å². The first-order valence-corrected chi connectivity index (χ1v) is 7.10. The fourth-order valence-corrected chi connectivity index (χ4v) is 2.92. The zero-order valence-electron chi connectivity index (χ0n) is 10.2. The zero-order chi connectivity index (χ0) is 15.1. The molecule has 108 valence electrons. The van der Waals surface area contributed by atoms with E-state index in [9.17, 15) is 13.2 Å². The first kappa shape index (κ1) is 15.5. The van der Waals surface area contributed by atoms with Crippen LogP contribution in [0.25, 0.3) is 0 Å². The van der Waals surface area contributed by atoms with Crippen LogP contribution in [0, 0.1) is 0 Å². The van der Waals surface area contributed by atoms with E-state index in [2.05, 4.69) is 37.0 Å². The zero-order valence-corrected chi connectivity index (χ0v) is 13.4. The minimum absolute atomic E-state index is 0.00463. The Bertz CT molecular complexity index is 618. The lowest BCUT2D eigenvalue weighted by molar-refractivity contribution is -0.138. The van der Waals surface area contributed by atoms with E-state index in [-0.39, 0.29) is 5.56 Å². The second kappa shape index (κ2) is 5.50. The fourth-order valence-electron chi connectivity index (χ4n) is 1.96. The lowest BCUT2D eigenvalue weighted by Gasteiger charge is -2.19. The predicted molar refractivity (Wildman–Crippen MR) is 76.1 cm³/mol. The van der Waals surface area contributed by atoms with E-state index in [0.29, 0.717) is 14.6 Å². The molecule has 0 bridgehead atoms. The van der Waals surface area contributed by atoms with Crippen LogP contribution in [-0.2, 0) is 13.2 Å². The van der Waals surface area contributed by atoms with Crippen molar-refractivity contribution in [2.45, 2.75) is 12.2 Å². The molecule has 1 atom stereocenters. The Morgan fingerprint density at radius 2 is 1.95 bits per heavy atom. The third-order valence-electron chi connectivity index (χ3n) is 2.89. The number of rotatable bonds is 2. The van der Waals surface area contributed by atoms with E-state index in [1.165, 1.54) is 23.0 Å². The van der Waals surface area contributed by atoms with Gasteiger partial charge in [0.15, 0.2) is 0 Å². The third kappa shape index (κ3) is 2.91. The second-order valence-electron chi connectivity index (χ2n) is 4.21. The number of aromatic nitrogens is 2. The minimum Gasteiger partial charge on any atom is -0.319 e. The van der Waals surface area contributed by atoms with Crippen molar-refractivity contribution in [2.24, 2.45) is 12.8 Å². The van der Waals surface area contributed by atoms with Crippen LogP contribution >= 0.6 is 31.9 Å². The minimum atomic E-state index is -4.47. The van der Waals surface area contributed by atoms with Crippen molar-refractivity contribution < 1.29 is 13.2 Å². The van der Waals surface area contributed by atoms with Crippen LogP contribution in [0.3, 0.4) is 0 Å². The Morgan fingerprint density at radius 3 is 2.45 bits per heavy atom. The highest BCUT2D eigenvalue weighted by molar-refractivity contribution is 9.10.